The van der Waals surface area contributed by atoms with E-state index in [1.54, 1.807) is 48.7 Å². The zero-order valence-electron chi connectivity index (χ0n) is 13.8. The first-order valence-corrected chi connectivity index (χ1v) is 8.64. The van der Waals surface area contributed by atoms with Crippen LogP contribution in [0.2, 0.25) is 0 Å². The number of hydrogen-bond donors (Lipinski definition) is 2. The van der Waals surface area contributed by atoms with Gasteiger partial charge in [0.1, 0.15) is 5.82 Å². The van der Waals surface area contributed by atoms with Gasteiger partial charge in [-0.05, 0) is 30.3 Å². The molecule has 2 N–H and O–H groups in total. The molecule has 0 atom stereocenters. The Bertz CT molecular complexity index is 914. The van der Waals surface area contributed by atoms with E-state index in [0.717, 1.165) is 11.8 Å². The van der Waals surface area contributed by atoms with Crippen LogP contribution in [-0.4, -0.2) is 32.7 Å². The van der Waals surface area contributed by atoms with Crippen molar-refractivity contribution in [2.75, 3.05) is 16.4 Å². The van der Waals surface area contributed by atoms with Crippen molar-refractivity contribution in [1.29, 1.82) is 0 Å². The molecule has 1 aromatic carbocycles. The van der Waals surface area contributed by atoms with Crippen LogP contribution in [0.25, 0.3) is 11.5 Å². The first-order chi connectivity index (χ1) is 12.6. The van der Waals surface area contributed by atoms with Crippen molar-refractivity contribution in [3.05, 3.63) is 48.7 Å². The van der Waals surface area contributed by atoms with Crippen LogP contribution in [0, 0.1) is 0 Å². The second-order valence-electron chi connectivity index (χ2n) is 5.19. The van der Waals surface area contributed by atoms with Gasteiger partial charge in [0.05, 0.1) is 5.75 Å². The molecule has 0 saturated heterocycles. The molecule has 0 aliphatic carbocycles. The molecule has 8 nitrogen and oxygen atoms in total. The minimum absolute atomic E-state index is 0.115. The summed E-state index contributed by atoms with van der Waals surface area (Å²) in [6, 6.07) is 12.3. The van der Waals surface area contributed by atoms with Gasteiger partial charge >= 0.3 is 0 Å². The van der Waals surface area contributed by atoms with E-state index in [4.69, 9.17) is 4.42 Å². The molecule has 3 aromatic rings. The molecular weight excluding hydrogens is 354 g/mol. The molecular formula is C17H15N5O3S. The third kappa shape index (κ3) is 4.90. The fourth-order valence-electron chi connectivity index (χ4n) is 2.06. The Morgan fingerprint density at radius 1 is 1.12 bits per heavy atom. The summed E-state index contributed by atoms with van der Waals surface area (Å²) in [4.78, 5) is 27.1. The van der Waals surface area contributed by atoms with Crippen molar-refractivity contribution in [3.63, 3.8) is 0 Å². The zero-order chi connectivity index (χ0) is 18.4. The van der Waals surface area contributed by atoms with Crippen LogP contribution in [0.1, 0.15) is 6.92 Å². The highest BCUT2D eigenvalue weighted by molar-refractivity contribution is 7.99. The van der Waals surface area contributed by atoms with Crippen molar-refractivity contribution < 1.29 is 14.0 Å². The summed E-state index contributed by atoms with van der Waals surface area (Å²) in [5.74, 6) is 0.525. The van der Waals surface area contributed by atoms with Gasteiger partial charge in [0, 0.05) is 24.4 Å². The van der Waals surface area contributed by atoms with Crippen molar-refractivity contribution in [2.24, 2.45) is 0 Å². The number of benzene rings is 1. The monoisotopic (exact) mass is 369 g/mol. The average molecular weight is 369 g/mol. The first-order valence-electron chi connectivity index (χ1n) is 7.65. The maximum absolute atomic E-state index is 11.9. The Labute approximate surface area is 153 Å². The van der Waals surface area contributed by atoms with Crippen LogP contribution in [0.4, 0.5) is 11.5 Å². The average Bonchev–Trinajstić information content (AvgIpc) is 3.10. The fraction of sp³-hybridized carbons (Fsp3) is 0.118. The molecule has 0 bridgehead atoms. The van der Waals surface area contributed by atoms with E-state index in [2.05, 4.69) is 25.8 Å². The van der Waals surface area contributed by atoms with Crippen molar-refractivity contribution in [1.82, 2.24) is 15.2 Å². The topological polar surface area (TPSA) is 110 Å². The molecule has 2 amide bonds. The molecule has 2 heterocycles. The van der Waals surface area contributed by atoms with E-state index in [9.17, 15) is 9.59 Å². The predicted octanol–water partition coefficient (Wildman–Crippen LogP) is 2.82. The van der Waals surface area contributed by atoms with Gasteiger partial charge in [-0.25, -0.2) is 4.98 Å². The number of nitrogens with one attached hydrogen (secondary N) is 2. The quantitative estimate of drug-likeness (QED) is 0.643. The number of carbonyl (C=O) groups excluding carboxylic acids is 2. The van der Waals surface area contributed by atoms with Crippen molar-refractivity contribution in [2.45, 2.75) is 12.1 Å². The Morgan fingerprint density at radius 2 is 2.00 bits per heavy atom. The Morgan fingerprint density at radius 3 is 2.77 bits per heavy atom. The van der Waals surface area contributed by atoms with Gasteiger partial charge in [0.15, 0.2) is 0 Å². The summed E-state index contributed by atoms with van der Waals surface area (Å²) < 4.78 is 5.56. The highest BCUT2D eigenvalue weighted by Crippen LogP contribution is 2.25. The smallest absolute Gasteiger partial charge is 0.277 e. The van der Waals surface area contributed by atoms with Gasteiger partial charge in [-0.15, -0.1) is 10.2 Å². The Balaban J connectivity index is 1.59. The number of thioether (sulfide) groups is 1. The van der Waals surface area contributed by atoms with Crippen LogP contribution in [0.3, 0.4) is 0 Å². The lowest BCUT2D eigenvalue weighted by atomic mass is 10.2. The fourth-order valence-corrected chi connectivity index (χ4v) is 2.62. The van der Waals surface area contributed by atoms with Gasteiger partial charge in [0.2, 0.25) is 17.7 Å². The summed E-state index contributed by atoms with van der Waals surface area (Å²) in [5, 5.41) is 13.5. The van der Waals surface area contributed by atoms with Crippen LogP contribution in [0.15, 0.2) is 58.3 Å². The van der Waals surface area contributed by atoms with Crippen molar-refractivity contribution in [3.8, 4) is 11.5 Å². The summed E-state index contributed by atoms with van der Waals surface area (Å²) >= 11 is 1.13. The number of aromatic nitrogens is 3. The van der Waals surface area contributed by atoms with Gasteiger partial charge in [0.25, 0.3) is 5.22 Å². The molecule has 26 heavy (non-hydrogen) atoms. The highest BCUT2D eigenvalue weighted by Gasteiger charge is 2.12. The lowest BCUT2D eigenvalue weighted by Crippen LogP contribution is -2.14. The Hall–Kier alpha value is -3.20. The lowest BCUT2D eigenvalue weighted by molar-refractivity contribution is -0.114. The minimum Gasteiger partial charge on any atom is -0.411 e. The SMILES string of the molecule is CC(=O)Nc1cccc(-c2nnc(SCC(=O)Nc3ccccn3)o2)c1. The van der Waals surface area contributed by atoms with Crippen LogP contribution >= 0.6 is 11.8 Å². The number of nitrogens with zero attached hydrogens (tertiary/aromatic N) is 3. The molecule has 0 saturated carbocycles. The Kier molecular flexibility index (Phi) is 5.59. The third-order valence-corrected chi connectivity index (χ3v) is 3.91. The normalized spacial score (nSPS) is 10.3. The second-order valence-corrected chi connectivity index (χ2v) is 6.11. The lowest BCUT2D eigenvalue weighted by Gasteiger charge is -2.03. The van der Waals surface area contributed by atoms with E-state index in [1.165, 1.54) is 6.92 Å². The summed E-state index contributed by atoms with van der Waals surface area (Å²) in [6.07, 6.45) is 1.60. The van der Waals surface area contributed by atoms with Gasteiger partial charge in [-0.2, -0.15) is 0 Å². The summed E-state index contributed by atoms with van der Waals surface area (Å²) in [7, 11) is 0. The molecule has 0 aliphatic rings. The third-order valence-electron chi connectivity index (χ3n) is 3.10. The number of carbonyl (C=O) groups is 2. The van der Waals surface area contributed by atoms with Gasteiger partial charge in [-0.1, -0.05) is 23.9 Å². The van der Waals surface area contributed by atoms with Crippen LogP contribution in [0.5, 0.6) is 0 Å². The highest BCUT2D eigenvalue weighted by atomic mass is 32.2. The molecule has 0 spiro atoms. The molecule has 0 radical (unpaired) electrons. The van der Waals surface area contributed by atoms with E-state index in [-0.39, 0.29) is 22.8 Å². The summed E-state index contributed by atoms with van der Waals surface area (Å²) in [6.45, 7) is 1.43. The number of hydrogen-bond acceptors (Lipinski definition) is 7. The van der Waals surface area contributed by atoms with E-state index < -0.39 is 0 Å². The second kappa shape index (κ2) is 8.26. The maximum Gasteiger partial charge on any atom is 0.277 e. The van der Waals surface area contributed by atoms with E-state index in [1.807, 2.05) is 0 Å². The van der Waals surface area contributed by atoms with E-state index >= 15 is 0 Å². The number of anilines is 2. The summed E-state index contributed by atoms with van der Waals surface area (Å²) in [5.41, 5.74) is 1.31. The molecule has 132 valence electrons. The maximum atomic E-state index is 11.9. The van der Waals surface area contributed by atoms with Gasteiger partial charge in [-0.3, -0.25) is 9.59 Å². The van der Waals surface area contributed by atoms with Crippen LogP contribution in [-0.2, 0) is 9.59 Å². The molecule has 0 fully saturated rings. The van der Waals surface area contributed by atoms with E-state index in [0.29, 0.717) is 23.0 Å². The van der Waals surface area contributed by atoms with Gasteiger partial charge < -0.3 is 15.1 Å². The minimum atomic E-state index is -0.221. The zero-order valence-corrected chi connectivity index (χ0v) is 14.6. The molecule has 0 unspecified atom stereocenters. The molecule has 0 aliphatic heterocycles. The molecule has 3 rings (SSSR count). The largest absolute Gasteiger partial charge is 0.411 e. The number of pyridine rings is 1. The van der Waals surface area contributed by atoms with Crippen molar-refractivity contribution >= 4 is 35.1 Å². The molecule has 9 heteroatoms. The molecule has 2 aromatic heterocycles. The van der Waals surface area contributed by atoms with Crippen LogP contribution < -0.4 is 10.6 Å². The predicted molar refractivity (Wildman–Crippen MR) is 97.6 cm³/mol. The standard InChI is InChI=1S/C17H15N5O3S/c1-11(23)19-13-6-4-5-12(9-13)16-21-22-17(25-16)26-10-15(24)20-14-7-2-3-8-18-14/h2-9H,10H2,1H3,(H,19,23)(H,18,20,24). The number of rotatable bonds is 6. The number of amides is 2. The first kappa shape index (κ1) is 17.6.